The van der Waals surface area contributed by atoms with Crippen LogP contribution in [0.4, 0.5) is 5.82 Å². The average molecular weight is 223 g/mol. The molecule has 0 aliphatic heterocycles. The maximum atomic E-state index is 11.1. The zero-order valence-electron chi connectivity index (χ0n) is 9.02. The predicted octanol–water partition coefficient (Wildman–Crippen LogP) is 0.374. The molecular weight excluding hydrogens is 210 g/mol. The number of aromatic nitrogens is 1. The van der Waals surface area contributed by atoms with Crippen LogP contribution in [0.1, 0.15) is 23.0 Å². The molecule has 6 heteroatoms. The number of nitrogens with one attached hydrogen (secondary N) is 1. The Kier molecular flexibility index (Phi) is 3.44. The Morgan fingerprint density at radius 1 is 1.50 bits per heavy atom. The molecule has 0 aromatic carbocycles. The van der Waals surface area contributed by atoms with Crippen LogP contribution >= 0.6 is 0 Å². The van der Waals surface area contributed by atoms with E-state index in [1.807, 2.05) is 0 Å². The molecule has 1 amide bonds. The van der Waals surface area contributed by atoms with E-state index in [9.17, 15) is 9.59 Å². The summed E-state index contributed by atoms with van der Waals surface area (Å²) in [5, 5.41) is 11.4. The lowest BCUT2D eigenvalue weighted by atomic mass is 10.2. The second-order valence-electron chi connectivity index (χ2n) is 3.42. The van der Waals surface area contributed by atoms with E-state index in [0.717, 1.165) is 0 Å². The van der Waals surface area contributed by atoms with Gasteiger partial charge in [-0.1, -0.05) is 0 Å². The van der Waals surface area contributed by atoms with Crippen molar-refractivity contribution >= 4 is 17.7 Å². The van der Waals surface area contributed by atoms with Crippen LogP contribution in [0, 0.1) is 6.92 Å². The largest absolute Gasteiger partial charge is 0.480 e. The molecular formula is C10H13N3O3. The van der Waals surface area contributed by atoms with Gasteiger partial charge >= 0.3 is 5.97 Å². The molecule has 0 radical (unpaired) electrons. The number of hydrogen-bond acceptors (Lipinski definition) is 4. The van der Waals surface area contributed by atoms with Crippen molar-refractivity contribution in [2.75, 3.05) is 5.32 Å². The number of aryl methyl sites for hydroxylation is 1. The van der Waals surface area contributed by atoms with E-state index in [-0.39, 0.29) is 11.4 Å². The molecule has 0 aliphatic carbocycles. The fourth-order valence-corrected chi connectivity index (χ4v) is 1.13. The van der Waals surface area contributed by atoms with Crippen LogP contribution in [0.3, 0.4) is 0 Å². The lowest BCUT2D eigenvalue weighted by Gasteiger charge is -2.12. The first-order valence-electron chi connectivity index (χ1n) is 4.68. The van der Waals surface area contributed by atoms with E-state index in [0.29, 0.717) is 5.69 Å². The maximum Gasteiger partial charge on any atom is 0.325 e. The number of carbonyl (C=O) groups is 2. The number of pyridine rings is 1. The van der Waals surface area contributed by atoms with Gasteiger partial charge in [0, 0.05) is 5.69 Å². The van der Waals surface area contributed by atoms with E-state index in [1.54, 1.807) is 13.0 Å². The second-order valence-corrected chi connectivity index (χ2v) is 3.42. The fourth-order valence-electron chi connectivity index (χ4n) is 1.13. The second kappa shape index (κ2) is 4.61. The number of aliphatic carboxylic acids is 1. The number of primary amides is 1. The number of nitrogens with two attached hydrogens (primary N) is 1. The SMILES string of the molecule is Cc1ccc(C(N)=O)c(NC(C)C(=O)O)n1. The Bertz CT molecular complexity index is 431. The van der Waals surface area contributed by atoms with Gasteiger partial charge in [0.2, 0.25) is 0 Å². The molecule has 0 saturated heterocycles. The Balaban J connectivity index is 3.05. The summed E-state index contributed by atoms with van der Waals surface area (Å²) in [6.45, 7) is 3.19. The number of rotatable bonds is 4. The molecule has 0 bridgehead atoms. The van der Waals surface area contributed by atoms with Crippen LogP contribution in [-0.2, 0) is 4.79 Å². The molecule has 0 aliphatic rings. The van der Waals surface area contributed by atoms with Gasteiger partial charge in [-0.3, -0.25) is 9.59 Å². The molecule has 0 saturated carbocycles. The lowest BCUT2D eigenvalue weighted by molar-refractivity contribution is -0.137. The Labute approximate surface area is 92.5 Å². The maximum absolute atomic E-state index is 11.1. The van der Waals surface area contributed by atoms with Crippen molar-refractivity contribution in [1.82, 2.24) is 4.98 Å². The fraction of sp³-hybridized carbons (Fsp3) is 0.300. The van der Waals surface area contributed by atoms with Gasteiger partial charge in [0.05, 0.1) is 5.56 Å². The monoisotopic (exact) mass is 223 g/mol. The van der Waals surface area contributed by atoms with Gasteiger partial charge in [-0.15, -0.1) is 0 Å². The lowest BCUT2D eigenvalue weighted by Crippen LogP contribution is -2.28. The summed E-state index contributed by atoms with van der Waals surface area (Å²) in [4.78, 5) is 25.8. The number of carboxylic acids is 1. The number of hydrogen-bond donors (Lipinski definition) is 3. The van der Waals surface area contributed by atoms with E-state index < -0.39 is 17.9 Å². The summed E-state index contributed by atoms with van der Waals surface area (Å²) in [6.07, 6.45) is 0. The first-order valence-corrected chi connectivity index (χ1v) is 4.68. The highest BCUT2D eigenvalue weighted by Crippen LogP contribution is 2.13. The Morgan fingerprint density at radius 3 is 2.62 bits per heavy atom. The van der Waals surface area contributed by atoms with Crippen LogP contribution in [0.2, 0.25) is 0 Å². The van der Waals surface area contributed by atoms with Crippen LogP contribution < -0.4 is 11.1 Å². The minimum absolute atomic E-state index is 0.179. The number of carbonyl (C=O) groups excluding carboxylic acids is 1. The van der Waals surface area contributed by atoms with Gasteiger partial charge in [0.25, 0.3) is 5.91 Å². The molecule has 1 aromatic rings. The highest BCUT2D eigenvalue weighted by atomic mass is 16.4. The normalized spacial score (nSPS) is 11.9. The predicted molar refractivity (Wildman–Crippen MR) is 58.2 cm³/mol. The number of amides is 1. The van der Waals surface area contributed by atoms with Crippen LogP contribution in [0.15, 0.2) is 12.1 Å². The number of nitrogens with zero attached hydrogens (tertiary/aromatic N) is 1. The van der Waals surface area contributed by atoms with Gasteiger partial charge < -0.3 is 16.2 Å². The molecule has 1 atom stereocenters. The summed E-state index contributed by atoms with van der Waals surface area (Å²) in [6, 6.07) is 2.31. The zero-order chi connectivity index (χ0) is 12.3. The number of anilines is 1. The first kappa shape index (κ1) is 12.0. The van der Waals surface area contributed by atoms with E-state index >= 15 is 0 Å². The molecule has 1 aromatic heterocycles. The smallest absolute Gasteiger partial charge is 0.325 e. The summed E-state index contributed by atoms with van der Waals surface area (Å²) < 4.78 is 0. The van der Waals surface area contributed by atoms with Crippen molar-refractivity contribution < 1.29 is 14.7 Å². The minimum atomic E-state index is -1.03. The third kappa shape index (κ3) is 2.69. The Hall–Kier alpha value is -2.11. The molecule has 1 unspecified atom stereocenters. The highest BCUT2D eigenvalue weighted by Gasteiger charge is 2.15. The molecule has 0 fully saturated rings. The molecule has 1 rings (SSSR count). The van der Waals surface area contributed by atoms with E-state index in [4.69, 9.17) is 10.8 Å². The summed E-state index contributed by atoms with van der Waals surface area (Å²) in [7, 11) is 0. The molecule has 86 valence electrons. The van der Waals surface area contributed by atoms with Gasteiger partial charge in [-0.2, -0.15) is 0 Å². The third-order valence-electron chi connectivity index (χ3n) is 2.02. The van der Waals surface area contributed by atoms with Crippen LogP contribution in [-0.4, -0.2) is 28.0 Å². The zero-order valence-corrected chi connectivity index (χ0v) is 9.02. The summed E-state index contributed by atoms with van der Waals surface area (Å²) in [5.74, 6) is -1.48. The summed E-state index contributed by atoms with van der Waals surface area (Å²) in [5.41, 5.74) is 6.00. The third-order valence-corrected chi connectivity index (χ3v) is 2.02. The van der Waals surface area contributed by atoms with Crippen LogP contribution in [0.25, 0.3) is 0 Å². The standard InChI is InChI=1S/C10H13N3O3/c1-5-3-4-7(8(11)14)9(12-5)13-6(2)10(15)16/h3-4,6H,1-2H3,(H2,11,14)(H,12,13)(H,15,16). The van der Waals surface area contributed by atoms with E-state index in [2.05, 4.69) is 10.3 Å². The number of carboxylic acid groups (broad SMARTS) is 1. The van der Waals surface area contributed by atoms with Gasteiger partial charge in [0.15, 0.2) is 0 Å². The minimum Gasteiger partial charge on any atom is -0.480 e. The summed E-state index contributed by atoms with van der Waals surface area (Å²) >= 11 is 0. The van der Waals surface area contributed by atoms with Gasteiger partial charge in [-0.05, 0) is 26.0 Å². The van der Waals surface area contributed by atoms with Gasteiger partial charge in [0.1, 0.15) is 11.9 Å². The van der Waals surface area contributed by atoms with Crippen molar-refractivity contribution in [3.63, 3.8) is 0 Å². The van der Waals surface area contributed by atoms with Crippen molar-refractivity contribution in [3.05, 3.63) is 23.4 Å². The molecule has 1 heterocycles. The van der Waals surface area contributed by atoms with Crippen molar-refractivity contribution in [3.8, 4) is 0 Å². The average Bonchev–Trinajstić information content (AvgIpc) is 2.16. The first-order chi connectivity index (χ1) is 7.41. The topological polar surface area (TPSA) is 105 Å². The molecule has 16 heavy (non-hydrogen) atoms. The van der Waals surface area contributed by atoms with Crippen molar-refractivity contribution in [2.45, 2.75) is 19.9 Å². The quantitative estimate of drug-likeness (QED) is 0.684. The van der Waals surface area contributed by atoms with Gasteiger partial charge in [-0.25, -0.2) is 4.98 Å². The van der Waals surface area contributed by atoms with Crippen molar-refractivity contribution in [2.24, 2.45) is 5.73 Å². The molecule has 6 nitrogen and oxygen atoms in total. The molecule has 4 N–H and O–H groups in total. The Morgan fingerprint density at radius 2 is 2.12 bits per heavy atom. The highest BCUT2D eigenvalue weighted by molar-refractivity contribution is 5.98. The molecule has 0 spiro atoms. The van der Waals surface area contributed by atoms with Crippen LogP contribution in [0.5, 0.6) is 0 Å². The van der Waals surface area contributed by atoms with Crippen molar-refractivity contribution in [1.29, 1.82) is 0 Å². The van der Waals surface area contributed by atoms with E-state index in [1.165, 1.54) is 13.0 Å².